The maximum absolute atomic E-state index is 12.4. The Labute approximate surface area is 106 Å². The number of fused-ring (bicyclic) bond motifs is 1. The summed E-state index contributed by atoms with van der Waals surface area (Å²) in [4.78, 5) is 17.2. The lowest BCUT2D eigenvalue weighted by Crippen LogP contribution is -2.32. The second-order valence-corrected chi connectivity index (χ2v) is 4.21. The summed E-state index contributed by atoms with van der Waals surface area (Å²) in [6.45, 7) is 3.30. The Hall–Kier alpha value is -1.81. The Balaban J connectivity index is 2.26. The first-order valence-corrected chi connectivity index (χ1v) is 6.24. The van der Waals surface area contributed by atoms with Crippen molar-refractivity contribution in [1.82, 2.24) is 9.88 Å². The maximum Gasteiger partial charge on any atom is 0.256 e. The van der Waals surface area contributed by atoms with Gasteiger partial charge in [-0.15, -0.1) is 0 Å². The van der Waals surface area contributed by atoms with Crippen molar-refractivity contribution in [1.29, 1.82) is 0 Å². The molecule has 4 nitrogen and oxygen atoms in total. The fourth-order valence-electron chi connectivity index (χ4n) is 2.08. The fraction of sp³-hybridized carbons (Fsp3) is 0.357. The van der Waals surface area contributed by atoms with Gasteiger partial charge < -0.3 is 15.0 Å². The minimum atomic E-state index is 0.0170. The largest absolute Gasteiger partial charge is 0.396 e. The van der Waals surface area contributed by atoms with E-state index in [2.05, 4.69) is 4.98 Å². The Morgan fingerprint density at radius 1 is 1.39 bits per heavy atom. The summed E-state index contributed by atoms with van der Waals surface area (Å²) in [6.07, 6.45) is 2.37. The predicted molar refractivity (Wildman–Crippen MR) is 71.6 cm³/mol. The molecule has 2 rings (SSSR count). The molecule has 0 unspecified atom stereocenters. The summed E-state index contributed by atoms with van der Waals surface area (Å²) in [5.74, 6) is 0.0170. The van der Waals surface area contributed by atoms with Gasteiger partial charge in [-0.05, 0) is 19.4 Å². The Bertz CT molecular complexity index is 533. The molecule has 1 aromatic heterocycles. The topological polar surface area (TPSA) is 56.3 Å². The highest BCUT2D eigenvalue weighted by Crippen LogP contribution is 2.19. The Morgan fingerprint density at radius 3 is 2.89 bits per heavy atom. The number of hydrogen-bond acceptors (Lipinski definition) is 2. The number of rotatable bonds is 5. The number of aromatic amines is 1. The fourth-order valence-corrected chi connectivity index (χ4v) is 2.08. The molecule has 0 atom stereocenters. The van der Waals surface area contributed by atoms with E-state index < -0.39 is 0 Å². The van der Waals surface area contributed by atoms with Gasteiger partial charge in [0, 0.05) is 36.8 Å². The summed E-state index contributed by atoms with van der Waals surface area (Å²) < 4.78 is 0. The highest BCUT2D eigenvalue weighted by atomic mass is 16.3. The number of carbonyl (C=O) groups excluding carboxylic acids is 1. The van der Waals surface area contributed by atoms with Crippen LogP contribution in [-0.4, -0.2) is 40.6 Å². The molecule has 0 fully saturated rings. The molecule has 0 radical (unpaired) electrons. The van der Waals surface area contributed by atoms with Crippen LogP contribution in [0.5, 0.6) is 0 Å². The van der Waals surface area contributed by atoms with Crippen LogP contribution in [0, 0.1) is 0 Å². The number of benzene rings is 1. The molecule has 0 bridgehead atoms. The van der Waals surface area contributed by atoms with Crippen molar-refractivity contribution in [2.75, 3.05) is 19.7 Å². The minimum absolute atomic E-state index is 0.0170. The van der Waals surface area contributed by atoms with Crippen LogP contribution < -0.4 is 0 Å². The number of aromatic nitrogens is 1. The zero-order valence-corrected chi connectivity index (χ0v) is 10.5. The average molecular weight is 246 g/mol. The molecule has 18 heavy (non-hydrogen) atoms. The van der Waals surface area contributed by atoms with E-state index in [1.807, 2.05) is 31.2 Å². The van der Waals surface area contributed by atoms with Crippen molar-refractivity contribution in [3.8, 4) is 0 Å². The molecule has 0 aliphatic carbocycles. The van der Waals surface area contributed by atoms with Crippen molar-refractivity contribution >= 4 is 16.8 Å². The van der Waals surface area contributed by atoms with Crippen LogP contribution in [0.2, 0.25) is 0 Å². The summed E-state index contributed by atoms with van der Waals surface area (Å²) in [5.41, 5.74) is 1.67. The number of hydrogen-bond donors (Lipinski definition) is 2. The molecule has 0 saturated carbocycles. The number of amides is 1. The highest BCUT2D eigenvalue weighted by Gasteiger charge is 2.17. The van der Waals surface area contributed by atoms with Gasteiger partial charge in [-0.3, -0.25) is 4.79 Å². The van der Waals surface area contributed by atoms with Crippen LogP contribution in [0.1, 0.15) is 23.7 Å². The predicted octanol–water partition coefficient (Wildman–Crippen LogP) is 2.01. The zero-order valence-electron chi connectivity index (χ0n) is 10.5. The second-order valence-electron chi connectivity index (χ2n) is 4.21. The van der Waals surface area contributed by atoms with Crippen LogP contribution in [0.4, 0.5) is 0 Å². The van der Waals surface area contributed by atoms with Crippen molar-refractivity contribution in [3.05, 3.63) is 36.0 Å². The molecule has 4 heteroatoms. The van der Waals surface area contributed by atoms with Crippen molar-refractivity contribution in [2.24, 2.45) is 0 Å². The lowest BCUT2D eigenvalue weighted by molar-refractivity contribution is 0.0756. The molecule has 2 aromatic rings. The standard InChI is InChI=1S/C14H18N2O2/c1-2-16(8-5-9-17)14(18)12-10-15-13-7-4-3-6-11(12)13/h3-4,6-7,10,15,17H,2,5,8-9H2,1H3. The molecule has 96 valence electrons. The molecule has 1 amide bonds. The molecule has 0 saturated heterocycles. The van der Waals surface area contributed by atoms with Crippen LogP contribution in [0.3, 0.4) is 0 Å². The van der Waals surface area contributed by atoms with Gasteiger partial charge in [0.1, 0.15) is 0 Å². The van der Waals surface area contributed by atoms with Crippen molar-refractivity contribution in [3.63, 3.8) is 0 Å². The number of aliphatic hydroxyl groups excluding tert-OH is 1. The Kier molecular flexibility index (Phi) is 3.99. The lowest BCUT2D eigenvalue weighted by Gasteiger charge is -2.20. The maximum atomic E-state index is 12.4. The van der Waals surface area contributed by atoms with Gasteiger partial charge in [0.25, 0.3) is 5.91 Å². The summed E-state index contributed by atoms with van der Waals surface area (Å²) in [5, 5.41) is 9.80. The molecule has 2 N–H and O–H groups in total. The number of H-pyrrole nitrogens is 1. The Morgan fingerprint density at radius 2 is 2.17 bits per heavy atom. The monoisotopic (exact) mass is 246 g/mol. The van der Waals surface area contributed by atoms with Crippen LogP contribution >= 0.6 is 0 Å². The second kappa shape index (κ2) is 5.69. The molecule has 1 heterocycles. The van der Waals surface area contributed by atoms with Crippen LogP contribution in [0.25, 0.3) is 10.9 Å². The summed E-state index contributed by atoms with van der Waals surface area (Å²) >= 11 is 0. The first kappa shape index (κ1) is 12.6. The first-order chi connectivity index (χ1) is 8.77. The van der Waals surface area contributed by atoms with Gasteiger partial charge in [0.05, 0.1) is 5.56 Å². The summed E-state index contributed by atoms with van der Waals surface area (Å²) in [6, 6.07) is 7.77. The smallest absolute Gasteiger partial charge is 0.256 e. The van der Waals surface area contributed by atoms with Gasteiger partial charge in [-0.2, -0.15) is 0 Å². The van der Waals surface area contributed by atoms with Gasteiger partial charge in [-0.25, -0.2) is 0 Å². The number of nitrogens with one attached hydrogen (secondary N) is 1. The van der Waals surface area contributed by atoms with E-state index in [9.17, 15) is 4.79 Å². The number of carbonyl (C=O) groups is 1. The third kappa shape index (κ3) is 2.38. The third-order valence-electron chi connectivity index (χ3n) is 3.07. The number of aliphatic hydroxyl groups is 1. The van der Waals surface area contributed by atoms with Gasteiger partial charge in [-0.1, -0.05) is 18.2 Å². The van der Waals surface area contributed by atoms with Gasteiger partial charge >= 0.3 is 0 Å². The molecule has 0 spiro atoms. The minimum Gasteiger partial charge on any atom is -0.396 e. The first-order valence-electron chi connectivity index (χ1n) is 6.24. The number of nitrogens with zero attached hydrogens (tertiary/aromatic N) is 1. The van der Waals surface area contributed by atoms with E-state index in [-0.39, 0.29) is 12.5 Å². The lowest BCUT2D eigenvalue weighted by atomic mass is 10.1. The third-order valence-corrected chi connectivity index (χ3v) is 3.07. The zero-order chi connectivity index (χ0) is 13.0. The van der Waals surface area contributed by atoms with Crippen LogP contribution in [-0.2, 0) is 0 Å². The van der Waals surface area contributed by atoms with Crippen molar-refractivity contribution in [2.45, 2.75) is 13.3 Å². The van der Waals surface area contributed by atoms with E-state index in [1.54, 1.807) is 11.1 Å². The summed E-state index contributed by atoms with van der Waals surface area (Å²) in [7, 11) is 0. The normalized spacial score (nSPS) is 10.8. The average Bonchev–Trinajstić information content (AvgIpc) is 2.83. The molecular formula is C14H18N2O2. The van der Waals surface area contributed by atoms with E-state index in [1.165, 1.54) is 0 Å². The quantitative estimate of drug-likeness (QED) is 0.848. The van der Waals surface area contributed by atoms with Crippen molar-refractivity contribution < 1.29 is 9.90 Å². The van der Waals surface area contributed by atoms with E-state index in [0.717, 1.165) is 10.9 Å². The van der Waals surface area contributed by atoms with E-state index in [4.69, 9.17) is 5.11 Å². The molecular weight excluding hydrogens is 228 g/mol. The molecule has 1 aromatic carbocycles. The van der Waals surface area contributed by atoms with Crippen LogP contribution in [0.15, 0.2) is 30.5 Å². The highest BCUT2D eigenvalue weighted by molar-refractivity contribution is 6.06. The van der Waals surface area contributed by atoms with E-state index >= 15 is 0 Å². The number of para-hydroxylation sites is 1. The van der Waals surface area contributed by atoms with Gasteiger partial charge in [0.2, 0.25) is 0 Å². The van der Waals surface area contributed by atoms with Gasteiger partial charge in [0.15, 0.2) is 0 Å². The molecule has 0 aliphatic heterocycles. The SMILES string of the molecule is CCN(CCCO)C(=O)c1c[nH]c2ccccc12. The molecule has 0 aliphatic rings. The van der Waals surface area contributed by atoms with E-state index in [0.29, 0.717) is 25.1 Å².